The van der Waals surface area contributed by atoms with Crippen LogP contribution in [0.25, 0.3) is 0 Å². The highest BCUT2D eigenvalue weighted by atomic mass is 17.2. The third-order valence-corrected chi connectivity index (χ3v) is 2.46. The number of nitrogens with zero attached hydrogens (tertiary/aromatic N) is 1. The average molecular weight is 221 g/mol. The van der Waals surface area contributed by atoms with Gasteiger partial charge in [0.2, 0.25) is 0 Å². The Hall–Kier alpha value is -1.88. The summed E-state index contributed by atoms with van der Waals surface area (Å²) in [5.74, 6) is 0.473. The average Bonchev–Trinajstić information content (AvgIpc) is 2.29. The Morgan fingerprint density at radius 2 is 2.38 bits per heavy atom. The number of nitro groups is 1. The van der Waals surface area contributed by atoms with E-state index in [4.69, 9.17) is 9.78 Å². The molecule has 0 amide bonds. The van der Waals surface area contributed by atoms with Crippen LogP contribution < -0.4 is 4.89 Å². The highest BCUT2D eigenvalue weighted by Gasteiger charge is 2.23. The minimum atomic E-state index is -0.420. The van der Waals surface area contributed by atoms with Gasteiger partial charge in [-0.15, -0.1) is 6.58 Å². The Labute approximate surface area is 92.4 Å². The van der Waals surface area contributed by atoms with E-state index in [0.717, 1.165) is 5.56 Å². The Kier molecular flexibility index (Phi) is 2.87. The summed E-state index contributed by atoms with van der Waals surface area (Å²) in [7, 11) is 0. The van der Waals surface area contributed by atoms with Crippen LogP contribution in [0.4, 0.5) is 5.69 Å². The molecule has 0 spiro atoms. The van der Waals surface area contributed by atoms with Crippen molar-refractivity contribution in [1.29, 1.82) is 0 Å². The van der Waals surface area contributed by atoms with Crippen molar-refractivity contribution in [2.75, 3.05) is 6.61 Å². The third kappa shape index (κ3) is 1.77. The van der Waals surface area contributed by atoms with Gasteiger partial charge in [0.1, 0.15) is 0 Å². The molecule has 5 heteroatoms. The van der Waals surface area contributed by atoms with Gasteiger partial charge in [0.05, 0.1) is 17.1 Å². The molecule has 5 nitrogen and oxygen atoms in total. The quantitative estimate of drug-likeness (QED) is 0.339. The van der Waals surface area contributed by atoms with E-state index < -0.39 is 4.92 Å². The van der Waals surface area contributed by atoms with Gasteiger partial charge in [0, 0.05) is 24.5 Å². The lowest BCUT2D eigenvalue weighted by molar-refractivity contribution is -0.385. The van der Waals surface area contributed by atoms with E-state index in [0.29, 0.717) is 30.8 Å². The first-order valence-electron chi connectivity index (χ1n) is 4.93. The molecular weight excluding hydrogens is 210 g/mol. The monoisotopic (exact) mass is 221 g/mol. The predicted molar refractivity (Wildman–Crippen MR) is 57.3 cm³/mol. The van der Waals surface area contributed by atoms with E-state index in [1.807, 2.05) is 0 Å². The lowest BCUT2D eigenvalue weighted by Crippen LogP contribution is -2.13. The normalized spacial score (nSPS) is 13.8. The van der Waals surface area contributed by atoms with Crippen molar-refractivity contribution >= 4 is 5.69 Å². The highest BCUT2D eigenvalue weighted by molar-refractivity contribution is 5.55. The van der Waals surface area contributed by atoms with Crippen LogP contribution >= 0.6 is 0 Å². The molecule has 1 aromatic rings. The molecule has 16 heavy (non-hydrogen) atoms. The molecule has 2 rings (SSSR count). The van der Waals surface area contributed by atoms with E-state index in [-0.39, 0.29) is 5.69 Å². The molecule has 84 valence electrons. The lowest BCUT2D eigenvalue weighted by Gasteiger charge is -2.18. The summed E-state index contributed by atoms with van der Waals surface area (Å²) in [6, 6.07) is 3.22. The first-order valence-corrected chi connectivity index (χ1v) is 4.93. The molecule has 0 aromatic heterocycles. The van der Waals surface area contributed by atoms with Crippen LogP contribution in [0.5, 0.6) is 5.75 Å². The maximum atomic E-state index is 10.9. The summed E-state index contributed by atoms with van der Waals surface area (Å²) in [4.78, 5) is 20.3. The number of fused-ring (bicyclic) bond motifs is 1. The van der Waals surface area contributed by atoms with Crippen molar-refractivity contribution < 1.29 is 14.7 Å². The van der Waals surface area contributed by atoms with Crippen molar-refractivity contribution in [2.45, 2.75) is 12.8 Å². The number of rotatable bonds is 3. The molecule has 1 heterocycles. The second-order valence-corrected chi connectivity index (χ2v) is 3.46. The van der Waals surface area contributed by atoms with Gasteiger partial charge in [-0.1, -0.05) is 6.08 Å². The van der Waals surface area contributed by atoms with Crippen molar-refractivity contribution in [2.24, 2.45) is 0 Å². The zero-order chi connectivity index (χ0) is 11.5. The van der Waals surface area contributed by atoms with Crippen LogP contribution in [0.2, 0.25) is 0 Å². The zero-order valence-corrected chi connectivity index (χ0v) is 8.64. The SMILES string of the molecule is C=CCc1c([N+](=O)[O-])ccc2c1OOCC2. The summed E-state index contributed by atoms with van der Waals surface area (Å²) in [6.45, 7) is 4.06. The van der Waals surface area contributed by atoms with Gasteiger partial charge < -0.3 is 4.89 Å². The fourth-order valence-electron chi connectivity index (χ4n) is 1.73. The van der Waals surface area contributed by atoms with Gasteiger partial charge >= 0.3 is 0 Å². The van der Waals surface area contributed by atoms with Gasteiger partial charge in [-0.3, -0.25) is 10.1 Å². The van der Waals surface area contributed by atoms with Gasteiger partial charge in [-0.05, 0) is 6.07 Å². The van der Waals surface area contributed by atoms with Crippen LogP contribution in [0.3, 0.4) is 0 Å². The number of benzene rings is 1. The van der Waals surface area contributed by atoms with Gasteiger partial charge in [-0.25, -0.2) is 0 Å². The minimum absolute atomic E-state index is 0.0455. The maximum Gasteiger partial charge on any atom is 0.276 e. The summed E-state index contributed by atoms with van der Waals surface area (Å²) >= 11 is 0. The predicted octanol–water partition coefficient (Wildman–Crippen LogP) is 2.19. The van der Waals surface area contributed by atoms with Gasteiger partial charge in [-0.2, -0.15) is 4.89 Å². The summed E-state index contributed by atoms with van der Waals surface area (Å²) in [6.07, 6.45) is 2.71. The Morgan fingerprint density at radius 3 is 3.06 bits per heavy atom. The molecule has 0 aliphatic carbocycles. The van der Waals surface area contributed by atoms with E-state index in [9.17, 15) is 10.1 Å². The Bertz CT molecular complexity index is 442. The molecule has 0 fully saturated rings. The number of allylic oxidation sites excluding steroid dienone is 1. The smallest absolute Gasteiger partial charge is 0.276 e. The minimum Gasteiger partial charge on any atom is -0.337 e. The van der Waals surface area contributed by atoms with Crippen LogP contribution in [0.1, 0.15) is 11.1 Å². The molecule has 0 saturated carbocycles. The molecule has 0 N–H and O–H groups in total. The fourth-order valence-corrected chi connectivity index (χ4v) is 1.73. The molecule has 0 unspecified atom stereocenters. The molecule has 0 saturated heterocycles. The third-order valence-electron chi connectivity index (χ3n) is 2.46. The number of nitro benzene ring substituents is 1. The first kappa shape index (κ1) is 10.6. The van der Waals surface area contributed by atoms with Crippen LogP contribution in [-0.4, -0.2) is 11.5 Å². The molecular formula is C11H11NO4. The van der Waals surface area contributed by atoms with Crippen molar-refractivity contribution in [3.63, 3.8) is 0 Å². The number of hydrogen-bond acceptors (Lipinski definition) is 4. The molecule has 0 atom stereocenters. The van der Waals surface area contributed by atoms with E-state index in [1.165, 1.54) is 6.07 Å². The fraction of sp³-hybridized carbons (Fsp3) is 0.273. The Balaban J connectivity index is 2.56. The largest absolute Gasteiger partial charge is 0.337 e. The van der Waals surface area contributed by atoms with E-state index >= 15 is 0 Å². The number of hydrogen-bond donors (Lipinski definition) is 0. The van der Waals surface area contributed by atoms with Crippen LogP contribution in [-0.2, 0) is 17.7 Å². The molecule has 1 aliphatic heterocycles. The second kappa shape index (κ2) is 4.32. The van der Waals surface area contributed by atoms with Gasteiger partial charge in [0.15, 0.2) is 5.75 Å². The topological polar surface area (TPSA) is 61.6 Å². The molecule has 1 aliphatic rings. The van der Waals surface area contributed by atoms with Crippen molar-refractivity contribution in [3.05, 3.63) is 46.0 Å². The Morgan fingerprint density at radius 1 is 1.56 bits per heavy atom. The van der Waals surface area contributed by atoms with E-state index in [1.54, 1.807) is 12.1 Å². The maximum absolute atomic E-state index is 10.9. The second-order valence-electron chi connectivity index (χ2n) is 3.46. The van der Waals surface area contributed by atoms with Crippen molar-refractivity contribution in [1.82, 2.24) is 0 Å². The zero-order valence-electron chi connectivity index (χ0n) is 8.64. The van der Waals surface area contributed by atoms with Crippen molar-refractivity contribution in [3.8, 4) is 5.75 Å². The standard InChI is InChI=1S/C11H11NO4/c1-2-3-9-10(12(13)14)5-4-8-6-7-15-16-11(8)9/h2,4-5H,1,3,6-7H2. The van der Waals surface area contributed by atoms with E-state index in [2.05, 4.69) is 6.58 Å². The van der Waals surface area contributed by atoms with Gasteiger partial charge in [0.25, 0.3) is 5.69 Å². The lowest BCUT2D eigenvalue weighted by atomic mass is 10.0. The summed E-state index contributed by atoms with van der Waals surface area (Å²) < 4.78 is 0. The summed E-state index contributed by atoms with van der Waals surface area (Å²) in [5.41, 5.74) is 1.51. The summed E-state index contributed by atoms with van der Waals surface area (Å²) in [5, 5.41) is 10.9. The molecule has 0 radical (unpaired) electrons. The first-order chi connectivity index (χ1) is 7.74. The molecule has 0 bridgehead atoms. The molecule has 1 aromatic carbocycles. The van der Waals surface area contributed by atoms with Crippen LogP contribution in [0.15, 0.2) is 24.8 Å². The van der Waals surface area contributed by atoms with Crippen LogP contribution in [0, 0.1) is 10.1 Å². The highest BCUT2D eigenvalue weighted by Crippen LogP contribution is 2.35.